The summed E-state index contributed by atoms with van der Waals surface area (Å²) in [6, 6.07) is 14.1. The number of nitrogens with zero attached hydrogens (tertiary/aromatic N) is 3. The van der Waals surface area contributed by atoms with E-state index in [1.54, 1.807) is 34.8 Å². The predicted molar refractivity (Wildman–Crippen MR) is 115 cm³/mol. The van der Waals surface area contributed by atoms with Crippen LogP contribution < -0.4 is 10.3 Å². The number of para-hydroxylation sites is 1. The fourth-order valence-electron chi connectivity index (χ4n) is 3.54. The zero-order valence-corrected chi connectivity index (χ0v) is 17.5. The molecule has 6 nitrogen and oxygen atoms in total. The van der Waals surface area contributed by atoms with E-state index < -0.39 is 0 Å². The standard InChI is InChI=1S/C22H24ClN3O3/c1-4-19(25(5-2)20(27)14-23)21-24-18-9-7-6-8-17(18)22(28)26(21)15-10-12-16(29-3)13-11-15/h6-13,19H,4-5,14H2,1-3H3. The monoisotopic (exact) mass is 413 g/mol. The van der Waals surface area contributed by atoms with Gasteiger partial charge in [-0.25, -0.2) is 4.98 Å². The van der Waals surface area contributed by atoms with Crippen LogP contribution in [0.4, 0.5) is 0 Å². The van der Waals surface area contributed by atoms with E-state index in [2.05, 4.69) is 0 Å². The zero-order chi connectivity index (χ0) is 21.0. The maximum Gasteiger partial charge on any atom is 0.266 e. The molecule has 0 saturated heterocycles. The van der Waals surface area contributed by atoms with Crippen LogP contribution in [0.15, 0.2) is 53.3 Å². The number of ether oxygens (including phenoxy) is 1. The Morgan fingerprint density at radius 2 is 1.86 bits per heavy atom. The first-order valence-corrected chi connectivity index (χ1v) is 10.1. The van der Waals surface area contributed by atoms with E-state index in [9.17, 15) is 9.59 Å². The number of halogens is 1. The third-order valence-electron chi connectivity index (χ3n) is 4.97. The van der Waals surface area contributed by atoms with Crippen molar-refractivity contribution in [2.45, 2.75) is 26.3 Å². The first-order chi connectivity index (χ1) is 14.0. The number of alkyl halides is 1. The van der Waals surface area contributed by atoms with Crippen LogP contribution in [0.5, 0.6) is 5.75 Å². The van der Waals surface area contributed by atoms with Gasteiger partial charge in [-0.15, -0.1) is 11.6 Å². The van der Waals surface area contributed by atoms with Crippen molar-refractivity contribution in [3.8, 4) is 11.4 Å². The molecule has 1 aromatic heterocycles. The molecule has 0 N–H and O–H groups in total. The van der Waals surface area contributed by atoms with Crippen molar-refractivity contribution in [3.63, 3.8) is 0 Å². The van der Waals surface area contributed by atoms with E-state index in [1.807, 2.05) is 44.2 Å². The average molecular weight is 414 g/mol. The summed E-state index contributed by atoms with van der Waals surface area (Å²) in [4.78, 5) is 32.4. The highest BCUT2D eigenvalue weighted by molar-refractivity contribution is 6.27. The lowest BCUT2D eigenvalue weighted by atomic mass is 10.1. The third-order valence-corrected chi connectivity index (χ3v) is 5.20. The van der Waals surface area contributed by atoms with Crippen molar-refractivity contribution in [1.29, 1.82) is 0 Å². The minimum absolute atomic E-state index is 0.120. The van der Waals surface area contributed by atoms with E-state index in [-0.39, 0.29) is 23.4 Å². The number of carbonyl (C=O) groups is 1. The van der Waals surface area contributed by atoms with E-state index in [0.717, 1.165) is 0 Å². The largest absolute Gasteiger partial charge is 0.497 e. The van der Waals surface area contributed by atoms with Crippen molar-refractivity contribution >= 4 is 28.4 Å². The Morgan fingerprint density at radius 1 is 1.17 bits per heavy atom. The number of aromatic nitrogens is 2. The maximum atomic E-state index is 13.4. The van der Waals surface area contributed by atoms with Gasteiger partial charge in [-0.05, 0) is 49.7 Å². The molecule has 152 valence electrons. The van der Waals surface area contributed by atoms with Gasteiger partial charge in [0, 0.05) is 6.54 Å². The summed E-state index contributed by atoms with van der Waals surface area (Å²) in [5, 5.41) is 0.522. The molecule has 0 saturated carbocycles. The quantitative estimate of drug-likeness (QED) is 0.550. The third kappa shape index (κ3) is 3.98. The number of hydrogen-bond donors (Lipinski definition) is 0. The zero-order valence-electron chi connectivity index (χ0n) is 16.8. The van der Waals surface area contributed by atoms with Gasteiger partial charge in [-0.2, -0.15) is 0 Å². The molecular formula is C22H24ClN3O3. The second-order valence-electron chi connectivity index (χ2n) is 6.56. The second-order valence-corrected chi connectivity index (χ2v) is 6.83. The van der Waals surface area contributed by atoms with Crippen LogP contribution in [0, 0.1) is 0 Å². The normalized spacial score (nSPS) is 12.0. The van der Waals surface area contributed by atoms with Crippen molar-refractivity contribution in [2.24, 2.45) is 0 Å². The molecule has 0 aliphatic heterocycles. The van der Waals surface area contributed by atoms with Crippen molar-refractivity contribution < 1.29 is 9.53 Å². The highest BCUT2D eigenvalue weighted by Gasteiger charge is 2.27. The van der Waals surface area contributed by atoms with Gasteiger partial charge in [-0.3, -0.25) is 14.2 Å². The lowest BCUT2D eigenvalue weighted by Crippen LogP contribution is -2.39. The molecule has 29 heavy (non-hydrogen) atoms. The Labute approximate surface area is 174 Å². The number of rotatable bonds is 7. The number of amides is 1. The summed E-state index contributed by atoms with van der Waals surface area (Å²) in [5.74, 6) is 0.896. The molecule has 1 amide bonds. The van der Waals surface area contributed by atoms with Crippen LogP contribution in [-0.4, -0.2) is 39.9 Å². The van der Waals surface area contributed by atoms with Crippen molar-refractivity contribution in [1.82, 2.24) is 14.5 Å². The fraction of sp³-hybridized carbons (Fsp3) is 0.318. The summed E-state index contributed by atoms with van der Waals surface area (Å²) >= 11 is 5.84. The first kappa shape index (κ1) is 20.9. The second kappa shape index (κ2) is 9.09. The van der Waals surface area contributed by atoms with Crippen LogP contribution in [-0.2, 0) is 4.79 Å². The highest BCUT2D eigenvalue weighted by atomic mass is 35.5. The van der Waals surface area contributed by atoms with E-state index in [1.165, 1.54) is 0 Å². The molecule has 7 heteroatoms. The van der Waals surface area contributed by atoms with Crippen LogP contribution in [0.3, 0.4) is 0 Å². The summed E-state index contributed by atoms with van der Waals surface area (Å²) in [6.45, 7) is 4.33. The highest BCUT2D eigenvalue weighted by Crippen LogP contribution is 2.26. The molecule has 0 spiro atoms. The van der Waals surface area contributed by atoms with Gasteiger partial charge >= 0.3 is 0 Å². The van der Waals surface area contributed by atoms with Gasteiger partial charge in [0.05, 0.1) is 29.7 Å². The van der Waals surface area contributed by atoms with E-state index in [0.29, 0.717) is 41.1 Å². The fourth-order valence-corrected chi connectivity index (χ4v) is 3.70. The number of methoxy groups -OCH3 is 1. The summed E-state index contributed by atoms with van der Waals surface area (Å²) < 4.78 is 6.82. The molecule has 1 atom stereocenters. The summed E-state index contributed by atoms with van der Waals surface area (Å²) in [5.41, 5.74) is 1.09. The Balaban J connectivity index is 2.31. The van der Waals surface area contributed by atoms with Gasteiger partial charge in [-0.1, -0.05) is 19.1 Å². The van der Waals surface area contributed by atoms with Gasteiger partial charge in [0.1, 0.15) is 17.5 Å². The Kier molecular flexibility index (Phi) is 6.54. The number of fused-ring (bicyclic) bond motifs is 1. The van der Waals surface area contributed by atoms with E-state index >= 15 is 0 Å². The average Bonchev–Trinajstić information content (AvgIpc) is 2.77. The topological polar surface area (TPSA) is 64.4 Å². The lowest BCUT2D eigenvalue weighted by molar-refractivity contribution is -0.131. The van der Waals surface area contributed by atoms with Gasteiger partial charge in [0.2, 0.25) is 5.91 Å². The van der Waals surface area contributed by atoms with Crippen LogP contribution in [0.1, 0.15) is 32.1 Å². The van der Waals surface area contributed by atoms with Crippen molar-refractivity contribution in [3.05, 3.63) is 64.7 Å². The van der Waals surface area contributed by atoms with Crippen LogP contribution in [0.2, 0.25) is 0 Å². The molecule has 3 aromatic rings. The lowest BCUT2D eigenvalue weighted by Gasteiger charge is -2.31. The molecule has 2 aromatic carbocycles. The Bertz CT molecular complexity index is 1060. The number of hydrogen-bond acceptors (Lipinski definition) is 4. The molecule has 3 rings (SSSR count). The number of carbonyl (C=O) groups excluding carboxylic acids is 1. The van der Waals surface area contributed by atoms with Gasteiger partial charge in [0.15, 0.2) is 0 Å². The molecule has 0 aliphatic rings. The van der Waals surface area contributed by atoms with Gasteiger partial charge in [0.25, 0.3) is 5.56 Å². The molecule has 0 aliphatic carbocycles. The molecule has 0 bridgehead atoms. The molecule has 1 unspecified atom stereocenters. The summed E-state index contributed by atoms with van der Waals surface area (Å²) in [7, 11) is 1.59. The first-order valence-electron chi connectivity index (χ1n) is 9.57. The Morgan fingerprint density at radius 3 is 2.45 bits per heavy atom. The van der Waals surface area contributed by atoms with Gasteiger partial charge < -0.3 is 9.64 Å². The Hall–Kier alpha value is -2.86. The number of benzene rings is 2. The molecular weight excluding hydrogens is 390 g/mol. The van der Waals surface area contributed by atoms with Crippen LogP contribution in [0.25, 0.3) is 16.6 Å². The summed E-state index contributed by atoms with van der Waals surface area (Å²) in [6.07, 6.45) is 0.595. The minimum atomic E-state index is -0.384. The smallest absolute Gasteiger partial charge is 0.266 e. The maximum absolute atomic E-state index is 13.4. The minimum Gasteiger partial charge on any atom is -0.497 e. The van der Waals surface area contributed by atoms with Crippen LogP contribution >= 0.6 is 11.6 Å². The molecule has 1 heterocycles. The molecule has 0 fully saturated rings. The molecule has 0 radical (unpaired) electrons. The predicted octanol–water partition coefficient (Wildman–Crippen LogP) is 3.93. The van der Waals surface area contributed by atoms with E-state index in [4.69, 9.17) is 21.3 Å². The SMILES string of the molecule is CCC(c1nc2ccccc2c(=O)n1-c1ccc(OC)cc1)N(CC)C(=O)CCl. The van der Waals surface area contributed by atoms with Crippen molar-refractivity contribution in [2.75, 3.05) is 19.5 Å².